The molecule has 1 aromatic rings. The van der Waals surface area contributed by atoms with E-state index in [1.807, 2.05) is 0 Å². The number of hydrogen-bond acceptors (Lipinski definition) is 5. The van der Waals surface area contributed by atoms with E-state index in [0.29, 0.717) is 13.2 Å². The number of carbonyl (C=O) groups excluding carboxylic acids is 1. The lowest BCUT2D eigenvalue weighted by Gasteiger charge is -2.19. The fraction of sp³-hybridized carbons (Fsp3) is 0.533. The van der Waals surface area contributed by atoms with Crippen LogP contribution in [-0.2, 0) is 20.8 Å². The summed E-state index contributed by atoms with van der Waals surface area (Å²) in [6.45, 7) is 1.08. The highest BCUT2D eigenvalue weighted by molar-refractivity contribution is 5.77. The van der Waals surface area contributed by atoms with Crippen molar-refractivity contribution in [3.8, 4) is 0 Å². The Morgan fingerprint density at radius 1 is 1.45 bits per heavy atom. The lowest BCUT2D eigenvalue weighted by molar-refractivity contribution is -0.125. The van der Waals surface area contributed by atoms with Gasteiger partial charge in [0.15, 0.2) is 0 Å². The van der Waals surface area contributed by atoms with Gasteiger partial charge in [0.25, 0.3) is 0 Å². The van der Waals surface area contributed by atoms with E-state index >= 15 is 0 Å². The first kappa shape index (κ1) is 16.8. The zero-order valence-corrected chi connectivity index (χ0v) is 12.4. The SMILES string of the molecule is COCC(=O)NC[C@H]1OC[C@@H](NCc2ccc(F)cc2)[C@@H]1O. The maximum atomic E-state index is 12.8. The lowest BCUT2D eigenvalue weighted by Crippen LogP contribution is -2.45. The number of aliphatic hydroxyl groups is 1. The first-order valence-electron chi connectivity index (χ1n) is 7.13. The fourth-order valence-corrected chi connectivity index (χ4v) is 2.29. The number of ether oxygens (including phenoxy) is 2. The number of rotatable bonds is 7. The highest BCUT2D eigenvalue weighted by atomic mass is 19.1. The second kappa shape index (κ2) is 8.19. The van der Waals surface area contributed by atoms with E-state index < -0.39 is 12.2 Å². The molecule has 6 nitrogen and oxygen atoms in total. The van der Waals surface area contributed by atoms with Crippen molar-refractivity contribution in [1.82, 2.24) is 10.6 Å². The Hall–Kier alpha value is -1.54. The standard InChI is InChI=1S/C15H21FN2O4/c1-21-9-14(19)18-7-13-15(20)12(8-22-13)17-6-10-2-4-11(16)5-3-10/h2-5,12-13,15,17,20H,6-9H2,1H3,(H,18,19)/t12-,13-,15+/m1/s1. The second-order valence-electron chi connectivity index (χ2n) is 5.21. The third-order valence-corrected chi connectivity index (χ3v) is 3.54. The van der Waals surface area contributed by atoms with Crippen LogP contribution in [0, 0.1) is 5.82 Å². The van der Waals surface area contributed by atoms with Gasteiger partial charge in [-0.05, 0) is 17.7 Å². The van der Waals surface area contributed by atoms with E-state index in [4.69, 9.17) is 9.47 Å². The van der Waals surface area contributed by atoms with Gasteiger partial charge < -0.3 is 25.2 Å². The minimum absolute atomic E-state index is 0.0188. The smallest absolute Gasteiger partial charge is 0.246 e. The van der Waals surface area contributed by atoms with E-state index in [-0.39, 0.29) is 30.9 Å². The van der Waals surface area contributed by atoms with Crippen LogP contribution in [0.4, 0.5) is 4.39 Å². The van der Waals surface area contributed by atoms with Crippen LogP contribution in [0.15, 0.2) is 24.3 Å². The van der Waals surface area contributed by atoms with Crippen molar-refractivity contribution in [2.45, 2.75) is 24.8 Å². The molecule has 0 aliphatic carbocycles. The Balaban J connectivity index is 1.75. The van der Waals surface area contributed by atoms with Crippen LogP contribution in [0.3, 0.4) is 0 Å². The molecule has 7 heteroatoms. The van der Waals surface area contributed by atoms with Crippen LogP contribution in [0.2, 0.25) is 0 Å². The molecule has 0 bridgehead atoms. The maximum Gasteiger partial charge on any atom is 0.246 e. The summed E-state index contributed by atoms with van der Waals surface area (Å²) in [4.78, 5) is 11.3. The highest BCUT2D eigenvalue weighted by Gasteiger charge is 2.35. The van der Waals surface area contributed by atoms with Crippen molar-refractivity contribution >= 4 is 5.91 Å². The van der Waals surface area contributed by atoms with Gasteiger partial charge in [-0.25, -0.2) is 4.39 Å². The highest BCUT2D eigenvalue weighted by Crippen LogP contribution is 2.14. The molecule has 3 N–H and O–H groups in total. The normalized spacial score (nSPS) is 24.4. The summed E-state index contributed by atoms with van der Waals surface area (Å²) in [5, 5.41) is 16.0. The van der Waals surface area contributed by atoms with Crippen LogP contribution < -0.4 is 10.6 Å². The molecule has 1 aliphatic heterocycles. The summed E-state index contributed by atoms with van der Waals surface area (Å²) < 4.78 is 23.0. The van der Waals surface area contributed by atoms with Gasteiger partial charge in [0.05, 0.1) is 18.8 Å². The predicted molar refractivity (Wildman–Crippen MR) is 77.7 cm³/mol. The summed E-state index contributed by atoms with van der Waals surface area (Å²) in [6.07, 6.45) is -1.17. The number of nitrogens with one attached hydrogen (secondary N) is 2. The van der Waals surface area contributed by atoms with Crippen LogP contribution in [0.5, 0.6) is 0 Å². The molecule has 3 atom stereocenters. The Kier molecular flexibility index (Phi) is 6.26. The average Bonchev–Trinajstić information content (AvgIpc) is 2.85. The Labute approximate surface area is 128 Å². The average molecular weight is 312 g/mol. The fourth-order valence-electron chi connectivity index (χ4n) is 2.29. The number of aliphatic hydroxyl groups excluding tert-OH is 1. The summed E-state index contributed by atoms with van der Waals surface area (Å²) >= 11 is 0. The van der Waals surface area contributed by atoms with Gasteiger partial charge in [-0.2, -0.15) is 0 Å². The largest absolute Gasteiger partial charge is 0.389 e. The molecule has 1 aromatic carbocycles. The molecule has 1 amide bonds. The molecule has 0 unspecified atom stereocenters. The van der Waals surface area contributed by atoms with Gasteiger partial charge in [-0.15, -0.1) is 0 Å². The molecule has 2 rings (SSSR count). The van der Waals surface area contributed by atoms with Crippen LogP contribution >= 0.6 is 0 Å². The molecule has 0 saturated carbocycles. The van der Waals surface area contributed by atoms with Crippen LogP contribution in [-0.4, -0.2) is 56.1 Å². The molecule has 0 spiro atoms. The Morgan fingerprint density at radius 2 is 2.18 bits per heavy atom. The van der Waals surface area contributed by atoms with Crippen molar-refractivity contribution in [3.05, 3.63) is 35.6 Å². The summed E-state index contributed by atoms with van der Waals surface area (Å²) in [7, 11) is 1.44. The third kappa shape index (κ3) is 4.74. The first-order valence-corrected chi connectivity index (χ1v) is 7.13. The van der Waals surface area contributed by atoms with Gasteiger partial charge in [0.1, 0.15) is 18.5 Å². The van der Waals surface area contributed by atoms with E-state index in [1.54, 1.807) is 12.1 Å². The van der Waals surface area contributed by atoms with E-state index in [2.05, 4.69) is 10.6 Å². The van der Waals surface area contributed by atoms with Gasteiger partial charge >= 0.3 is 0 Å². The zero-order valence-electron chi connectivity index (χ0n) is 12.4. The first-order chi connectivity index (χ1) is 10.6. The minimum Gasteiger partial charge on any atom is -0.389 e. The lowest BCUT2D eigenvalue weighted by atomic mass is 10.1. The second-order valence-corrected chi connectivity index (χ2v) is 5.21. The number of carbonyl (C=O) groups is 1. The van der Waals surface area contributed by atoms with Crippen molar-refractivity contribution < 1.29 is 23.8 Å². The Bertz CT molecular complexity index is 483. The van der Waals surface area contributed by atoms with E-state index in [9.17, 15) is 14.3 Å². The molecule has 1 saturated heterocycles. The number of hydrogen-bond donors (Lipinski definition) is 3. The molecule has 1 heterocycles. The molecule has 1 aliphatic rings. The van der Waals surface area contributed by atoms with Gasteiger partial charge in [-0.1, -0.05) is 12.1 Å². The quantitative estimate of drug-likeness (QED) is 0.650. The van der Waals surface area contributed by atoms with Crippen molar-refractivity contribution in [2.24, 2.45) is 0 Å². The predicted octanol–water partition coefficient (Wildman–Crippen LogP) is -0.194. The monoisotopic (exact) mass is 312 g/mol. The van der Waals surface area contributed by atoms with Crippen LogP contribution in [0.1, 0.15) is 5.56 Å². The summed E-state index contributed by atoms with van der Waals surface area (Å²) in [5.74, 6) is -0.527. The molecule has 0 radical (unpaired) electrons. The molecular weight excluding hydrogens is 291 g/mol. The number of amides is 1. The minimum atomic E-state index is -0.719. The van der Waals surface area contributed by atoms with Crippen molar-refractivity contribution in [3.63, 3.8) is 0 Å². The Morgan fingerprint density at radius 3 is 2.86 bits per heavy atom. The van der Waals surface area contributed by atoms with Gasteiger partial charge in [0, 0.05) is 20.2 Å². The molecule has 0 aromatic heterocycles. The van der Waals surface area contributed by atoms with Crippen molar-refractivity contribution in [2.75, 3.05) is 26.9 Å². The molecular formula is C15H21FN2O4. The van der Waals surface area contributed by atoms with E-state index in [0.717, 1.165) is 5.56 Å². The maximum absolute atomic E-state index is 12.8. The zero-order chi connectivity index (χ0) is 15.9. The summed E-state index contributed by atoms with van der Waals surface area (Å²) in [6, 6.07) is 5.94. The number of methoxy groups -OCH3 is 1. The third-order valence-electron chi connectivity index (χ3n) is 3.54. The number of benzene rings is 1. The van der Waals surface area contributed by atoms with Gasteiger partial charge in [-0.3, -0.25) is 4.79 Å². The topological polar surface area (TPSA) is 79.8 Å². The molecule has 22 heavy (non-hydrogen) atoms. The van der Waals surface area contributed by atoms with E-state index in [1.165, 1.54) is 19.2 Å². The molecule has 1 fully saturated rings. The van der Waals surface area contributed by atoms with Crippen molar-refractivity contribution in [1.29, 1.82) is 0 Å². The number of halogens is 1. The van der Waals surface area contributed by atoms with Gasteiger partial charge in [0.2, 0.25) is 5.91 Å². The summed E-state index contributed by atoms with van der Waals surface area (Å²) in [5.41, 5.74) is 0.922. The van der Waals surface area contributed by atoms with Crippen LogP contribution in [0.25, 0.3) is 0 Å². The molecule has 122 valence electrons.